The number of rotatable bonds is 0. The molecule has 4 heteroatoms. The first-order chi connectivity index (χ1) is 3.39. The Balaban J connectivity index is -0.000000163. The Hall–Kier alpha value is 0.763. The van der Waals surface area contributed by atoms with Crippen LogP contribution in [0.4, 0.5) is 0 Å². The van der Waals surface area contributed by atoms with Crippen molar-refractivity contribution in [2.45, 2.75) is 0 Å². The first-order valence-corrected chi connectivity index (χ1v) is 2.13. The molecule has 56 valence electrons. The van der Waals surface area contributed by atoms with Gasteiger partial charge in [-0.15, -0.1) is 0 Å². The Kier molecular flexibility index (Phi) is 16.6. The Bertz CT molecular complexity index is 146. The predicted molar refractivity (Wildman–Crippen MR) is 50.3 cm³/mol. The summed E-state index contributed by atoms with van der Waals surface area (Å²) in [5, 5.41) is 8.63. The van der Waals surface area contributed by atoms with E-state index >= 15 is 0 Å². The van der Waals surface area contributed by atoms with E-state index < -0.39 is 0 Å². The van der Waals surface area contributed by atoms with Crippen LogP contribution in [-0.2, 0) is 26.2 Å². The van der Waals surface area contributed by atoms with Gasteiger partial charge in [-0.25, -0.2) is 0 Å². The van der Waals surface area contributed by atoms with Gasteiger partial charge in [-0.2, -0.15) is 19.8 Å². The fourth-order valence-corrected chi connectivity index (χ4v) is 0.428. The molecule has 0 amide bonds. The van der Waals surface area contributed by atoms with Crippen LogP contribution in [0.3, 0.4) is 0 Å². The minimum absolute atomic E-state index is 0. The molecule has 0 saturated heterocycles. The quantitative estimate of drug-likeness (QED) is 0.695. The van der Waals surface area contributed by atoms with Crippen LogP contribution < -0.4 is 0 Å². The van der Waals surface area contributed by atoms with E-state index in [4.69, 9.17) is 5.11 Å². The van der Waals surface area contributed by atoms with Crippen molar-refractivity contribution in [1.29, 1.82) is 0 Å². The molecule has 0 bridgehead atoms. The molecule has 0 saturated carbocycles. The molecule has 0 fully saturated rings. The van der Waals surface area contributed by atoms with Crippen molar-refractivity contribution in [3.63, 3.8) is 0 Å². The van der Waals surface area contributed by atoms with Crippen molar-refractivity contribution in [2.24, 2.45) is 0 Å². The minimum atomic E-state index is 0. The standard InChI is InChI=1S/C6H6O.2H3P.Zr/c7-6-4-2-1-3-5-6;;;/h1-5,7H;2*1H3;. The molecule has 0 aromatic heterocycles. The van der Waals surface area contributed by atoms with E-state index in [0.717, 1.165) is 0 Å². The van der Waals surface area contributed by atoms with Gasteiger partial charge in [0.25, 0.3) is 0 Å². The van der Waals surface area contributed by atoms with Crippen molar-refractivity contribution in [2.75, 3.05) is 0 Å². The maximum absolute atomic E-state index is 8.63. The van der Waals surface area contributed by atoms with E-state index in [1.807, 2.05) is 6.07 Å². The molecular formula is C6H12OP2Zr. The molecule has 0 radical (unpaired) electrons. The molecule has 0 aliphatic carbocycles. The van der Waals surface area contributed by atoms with Gasteiger partial charge in [-0.3, -0.25) is 0 Å². The average molecular weight is 253 g/mol. The van der Waals surface area contributed by atoms with Crippen LogP contribution in [0.25, 0.3) is 0 Å². The van der Waals surface area contributed by atoms with Crippen LogP contribution in [0.1, 0.15) is 0 Å². The Morgan fingerprint density at radius 2 is 1.30 bits per heavy atom. The molecular weight excluding hydrogens is 241 g/mol. The number of benzene rings is 1. The normalized spacial score (nSPS) is 6.00. The number of hydrogen-bond acceptors (Lipinski definition) is 1. The third kappa shape index (κ3) is 6.88. The second-order valence-electron chi connectivity index (χ2n) is 1.34. The summed E-state index contributed by atoms with van der Waals surface area (Å²) in [4.78, 5) is 0. The van der Waals surface area contributed by atoms with Crippen LogP contribution in [-0.4, -0.2) is 5.11 Å². The third-order valence-electron chi connectivity index (χ3n) is 0.756. The summed E-state index contributed by atoms with van der Waals surface area (Å²) >= 11 is 0. The van der Waals surface area contributed by atoms with Gasteiger partial charge in [0.05, 0.1) is 0 Å². The summed E-state index contributed by atoms with van der Waals surface area (Å²) in [6.45, 7) is 0. The smallest absolute Gasteiger partial charge is 0.115 e. The fraction of sp³-hybridized carbons (Fsp3) is 0. The summed E-state index contributed by atoms with van der Waals surface area (Å²) in [5.41, 5.74) is 0. The molecule has 1 aromatic carbocycles. The van der Waals surface area contributed by atoms with Crippen molar-refractivity contribution in [1.82, 2.24) is 0 Å². The summed E-state index contributed by atoms with van der Waals surface area (Å²) in [6.07, 6.45) is 0. The van der Waals surface area contributed by atoms with E-state index in [1.54, 1.807) is 24.3 Å². The Labute approximate surface area is 87.0 Å². The van der Waals surface area contributed by atoms with E-state index in [2.05, 4.69) is 0 Å². The van der Waals surface area contributed by atoms with E-state index in [1.165, 1.54) is 0 Å². The van der Waals surface area contributed by atoms with E-state index in [-0.39, 0.29) is 46.0 Å². The Morgan fingerprint density at radius 3 is 1.50 bits per heavy atom. The minimum Gasteiger partial charge on any atom is -0.508 e. The number of para-hydroxylation sites is 1. The van der Waals surface area contributed by atoms with Crippen LogP contribution in [0.2, 0.25) is 0 Å². The average Bonchev–Trinajstić information content (AvgIpc) is 1.69. The van der Waals surface area contributed by atoms with Crippen molar-refractivity contribution in [3.05, 3.63) is 30.3 Å². The summed E-state index contributed by atoms with van der Waals surface area (Å²) in [6, 6.07) is 8.71. The van der Waals surface area contributed by atoms with Crippen LogP contribution in [0, 0.1) is 0 Å². The third-order valence-corrected chi connectivity index (χ3v) is 0.756. The maximum Gasteiger partial charge on any atom is 0.115 e. The molecule has 1 aromatic rings. The predicted octanol–water partition coefficient (Wildman–Crippen LogP) is 1.51. The molecule has 1 nitrogen and oxygen atoms in total. The second kappa shape index (κ2) is 9.76. The van der Waals surface area contributed by atoms with Crippen LogP contribution in [0.5, 0.6) is 5.75 Å². The van der Waals surface area contributed by atoms with Gasteiger partial charge in [-0.1, -0.05) is 18.2 Å². The molecule has 0 aliphatic heterocycles. The summed E-state index contributed by atoms with van der Waals surface area (Å²) in [5.74, 6) is 0.322. The molecule has 2 atom stereocenters. The number of aromatic hydroxyl groups is 1. The van der Waals surface area contributed by atoms with Gasteiger partial charge in [0.2, 0.25) is 0 Å². The first kappa shape index (κ1) is 17.0. The van der Waals surface area contributed by atoms with Crippen molar-refractivity contribution in [3.8, 4) is 5.75 Å². The van der Waals surface area contributed by atoms with E-state index in [9.17, 15) is 0 Å². The maximum atomic E-state index is 8.63. The first-order valence-electron chi connectivity index (χ1n) is 2.13. The van der Waals surface area contributed by atoms with Crippen molar-refractivity contribution < 1.29 is 31.3 Å². The van der Waals surface area contributed by atoms with Crippen LogP contribution in [0.15, 0.2) is 30.3 Å². The summed E-state index contributed by atoms with van der Waals surface area (Å²) < 4.78 is 0. The van der Waals surface area contributed by atoms with Gasteiger partial charge in [0, 0.05) is 26.2 Å². The topological polar surface area (TPSA) is 20.2 Å². The monoisotopic (exact) mass is 252 g/mol. The van der Waals surface area contributed by atoms with Gasteiger partial charge < -0.3 is 5.11 Å². The number of phenolic OH excluding ortho intramolecular Hbond substituents is 1. The molecule has 1 rings (SSSR count). The molecule has 2 unspecified atom stereocenters. The fourth-order valence-electron chi connectivity index (χ4n) is 0.428. The van der Waals surface area contributed by atoms with Gasteiger partial charge in [0.15, 0.2) is 0 Å². The number of phenols is 1. The zero-order valence-corrected chi connectivity index (χ0v) is 11.0. The van der Waals surface area contributed by atoms with Crippen molar-refractivity contribution >= 4 is 19.8 Å². The van der Waals surface area contributed by atoms with E-state index in [0.29, 0.717) is 5.75 Å². The zero-order valence-electron chi connectivity index (χ0n) is 5.75. The van der Waals surface area contributed by atoms with Gasteiger partial charge in [0.1, 0.15) is 5.75 Å². The summed E-state index contributed by atoms with van der Waals surface area (Å²) in [7, 11) is 0. The second-order valence-corrected chi connectivity index (χ2v) is 1.34. The van der Waals surface area contributed by atoms with Gasteiger partial charge in [-0.05, 0) is 12.1 Å². The Morgan fingerprint density at radius 1 is 0.900 bits per heavy atom. The molecule has 10 heavy (non-hydrogen) atoms. The molecule has 0 heterocycles. The van der Waals surface area contributed by atoms with Gasteiger partial charge >= 0.3 is 0 Å². The number of hydrogen-bond donors (Lipinski definition) is 1. The van der Waals surface area contributed by atoms with Crippen LogP contribution >= 0.6 is 19.8 Å². The molecule has 1 N–H and O–H groups in total. The largest absolute Gasteiger partial charge is 0.508 e. The zero-order chi connectivity index (χ0) is 5.11. The SMILES string of the molecule is Oc1ccccc1.P.P.[Zr]. The molecule has 0 aliphatic rings. The molecule has 0 spiro atoms.